The number of halogens is 2. The van der Waals surface area contributed by atoms with Crippen molar-refractivity contribution in [2.24, 2.45) is 5.73 Å². The summed E-state index contributed by atoms with van der Waals surface area (Å²) in [5.74, 6) is -0.379. The molecule has 2 N–H and O–H groups in total. The van der Waals surface area contributed by atoms with Crippen LogP contribution in [0.1, 0.15) is 17.3 Å². The molecule has 21 heavy (non-hydrogen) atoms. The SMILES string of the molecule is NC(Cc1ccc2ccccc2n1)c1ccc(Cl)cc1F. The van der Waals surface area contributed by atoms with Gasteiger partial charge in [-0.15, -0.1) is 0 Å². The zero-order valence-corrected chi connectivity index (χ0v) is 12.0. The topological polar surface area (TPSA) is 38.9 Å². The number of rotatable bonds is 3. The lowest BCUT2D eigenvalue weighted by Crippen LogP contribution is -2.15. The van der Waals surface area contributed by atoms with Gasteiger partial charge in [0.05, 0.1) is 5.52 Å². The average Bonchev–Trinajstić information content (AvgIpc) is 2.47. The predicted octanol–water partition coefficient (Wildman–Crippen LogP) is 4.27. The number of hydrogen-bond acceptors (Lipinski definition) is 2. The first-order valence-electron chi connectivity index (χ1n) is 6.69. The molecule has 4 heteroatoms. The van der Waals surface area contributed by atoms with Crippen molar-refractivity contribution >= 4 is 22.5 Å². The molecule has 2 nitrogen and oxygen atoms in total. The lowest BCUT2D eigenvalue weighted by molar-refractivity contribution is 0.578. The van der Waals surface area contributed by atoms with Gasteiger partial charge in [-0.05, 0) is 24.3 Å². The van der Waals surface area contributed by atoms with Crippen LogP contribution < -0.4 is 5.73 Å². The summed E-state index contributed by atoms with van der Waals surface area (Å²) in [5.41, 5.74) is 8.31. The first-order chi connectivity index (χ1) is 10.1. The van der Waals surface area contributed by atoms with Gasteiger partial charge in [0.25, 0.3) is 0 Å². The zero-order valence-electron chi connectivity index (χ0n) is 11.3. The van der Waals surface area contributed by atoms with Crippen LogP contribution in [0.2, 0.25) is 5.02 Å². The molecule has 1 atom stereocenters. The quantitative estimate of drug-likeness (QED) is 0.784. The van der Waals surface area contributed by atoms with Gasteiger partial charge < -0.3 is 5.73 Å². The van der Waals surface area contributed by atoms with E-state index in [1.165, 1.54) is 6.07 Å². The van der Waals surface area contributed by atoms with Crippen LogP contribution in [0.15, 0.2) is 54.6 Å². The summed E-state index contributed by atoms with van der Waals surface area (Å²) < 4.78 is 13.9. The van der Waals surface area contributed by atoms with Gasteiger partial charge in [0.15, 0.2) is 0 Å². The van der Waals surface area contributed by atoms with E-state index in [1.807, 2.05) is 36.4 Å². The Morgan fingerprint density at radius 2 is 1.90 bits per heavy atom. The third-order valence-electron chi connectivity index (χ3n) is 3.45. The van der Waals surface area contributed by atoms with Crippen molar-refractivity contribution in [2.75, 3.05) is 0 Å². The number of nitrogens with two attached hydrogens (primary N) is 1. The summed E-state index contributed by atoms with van der Waals surface area (Å²) in [4.78, 5) is 4.56. The first kappa shape index (κ1) is 14.0. The van der Waals surface area contributed by atoms with Crippen LogP contribution in [0.4, 0.5) is 4.39 Å². The molecular formula is C17H14ClFN2. The van der Waals surface area contributed by atoms with Gasteiger partial charge in [-0.3, -0.25) is 4.98 Å². The van der Waals surface area contributed by atoms with Crippen LogP contribution >= 0.6 is 11.6 Å². The molecule has 2 aromatic carbocycles. The molecular weight excluding hydrogens is 287 g/mol. The van der Waals surface area contributed by atoms with E-state index in [0.29, 0.717) is 17.0 Å². The van der Waals surface area contributed by atoms with Gasteiger partial charge >= 0.3 is 0 Å². The van der Waals surface area contributed by atoms with E-state index in [0.717, 1.165) is 16.6 Å². The molecule has 3 aromatic rings. The van der Waals surface area contributed by atoms with Crippen molar-refractivity contribution in [2.45, 2.75) is 12.5 Å². The highest BCUT2D eigenvalue weighted by Crippen LogP contribution is 2.22. The molecule has 0 bridgehead atoms. The maximum atomic E-state index is 13.9. The number of para-hydroxylation sites is 1. The molecule has 0 amide bonds. The smallest absolute Gasteiger partial charge is 0.129 e. The molecule has 0 fully saturated rings. The van der Waals surface area contributed by atoms with E-state index >= 15 is 0 Å². The van der Waals surface area contributed by atoms with Gasteiger partial charge in [0, 0.05) is 34.1 Å². The van der Waals surface area contributed by atoms with Gasteiger partial charge in [-0.1, -0.05) is 41.9 Å². The molecule has 0 saturated heterocycles. The number of pyridine rings is 1. The Bertz CT molecular complexity index is 789. The fraction of sp³-hybridized carbons (Fsp3) is 0.118. The number of benzene rings is 2. The van der Waals surface area contributed by atoms with E-state index in [-0.39, 0.29) is 5.82 Å². The maximum Gasteiger partial charge on any atom is 0.129 e. The molecule has 106 valence electrons. The minimum Gasteiger partial charge on any atom is -0.324 e. The monoisotopic (exact) mass is 300 g/mol. The van der Waals surface area contributed by atoms with E-state index in [1.54, 1.807) is 12.1 Å². The van der Waals surface area contributed by atoms with Crippen molar-refractivity contribution in [1.29, 1.82) is 0 Å². The lowest BCUT2D eigenvalue weighted by atomic mass is 10.0. The highest BCUT2D eigenvalue weighted by molar-refractivity contribution is 6.30. The minimum atomic E-state index is -0.448. The summed E-state index contributed by atoms with van der Waals surface area (Å²) >= 11 is 5.75. The maximum absolute atomic E-state index is 13.9. The average molecular weight is 301 g/mol. The molecule has 1 unspecified atom stereocenters. The summed E-state index contributed by atoms with van der Waals surface area (Å²) in [6.45, 7) is 0. The van der Waals surface area contributed by atoms with Gasteiger partial charge in [-0.25, -0.2) is 4.39 Å². The Morgan fingerprint density at radius 3 is 2.71 bits per heavy atom. The largest absolute Gasteiger partial charge is 0.324 e. The van der Waals surface area contributed by atoms with Crippen LogP contribution in [-0.4, -0.2) is 4.98 Å². The molecule has 0 saturated carbocycles. The fourth-order valence-electron chi connectivity index (χ4n) is 2.36. The summed E-state index contributed by atoms with van der Waals surface area (Å²) in [6.07, 6.45) is 0.476. The normalized spacial score (nSPS) is 12.5. The van der Waals surface area contributed by atoms with Gasteiger partial charge in [-0.2, -0.15) is 0 Å². The second kappa shape index (κ2) is 5.80. The number of fused-ring (bicyclic) bond motifs is 1. The number of hydrogen-bond donors (Lipinski definition) is 1. The minimum absolute atomic E-state index is 0.368. The summed E-state index contributed by atoms with van der Waals surface area (Å²) in [6, 6.07) is 15.9. The second-order valence-electron chi connectivity index (χ2n) is 4.97. The van der Waals surface area contributed by atoms with E-state index in [4.69, 9.17) is 17.3 Å². The van der Waals surface area contributed by atoms with Crippen LogP contribution in [0.25, 0.3) is 10.9 Å². The second-order valence-corrected chi connectivity index (χ2v) is 5.41. The van der Waals surface area contributed by atoms with E-state index in [9.17, 15) is 4.39 Å². The molecule has 0 aliphatic rings. The third-order valence-corrected chi connectivity index (χ3v) is 3.68. The molecule has 1 aromatic heterocycles. The van der Waals surface area contributed by atoms with Crippen LogP contribution in [0.3, 0.4) is 0 Å². The van der Waals surface area contributed by atoms with Crippen LogP contribution in [0, 0.1) is 5.82 Å². The van der Waals surface area contributed by atoms with Crippen LogP contribution in [-0.2, 0) is 6.42 Å². The Hall–Kier alpha value is -1.97. The Morgan fingerprint density at radius 1 is 1.10 bits per heavy atom. The predicted molar refractivity (Wildman–Crippen MR) is 83.8 cm³/mol. The Labute approximate surface area is 127 Å². The third kappa shape index (κ3) is 3.04. The number of aromatic nitrogens is 1. The Balaban J connectivity index is 1.87. The van der Waals surface area contributed by atoms with E-state index < -0.39 is 6.04 Å². The van der Waals surface area contributed by atoms with Crippen molar-refractivity contribution < 1.29 is 4.39 Å². The fourth-order valence-corrected chi connectivity index (χ4v) is 2.52. The highest BCUT2D eigenvalue weighted by Gasteiger charge is 2.13. The summed E-state index contributed by atoms with van der Waals surface area (Å²) in [7, 11) is 0. The molecule has 3 rings (SSSR count). The highest BCUT2D eigenvalue weighted by atomic mass is 35.5. The molecule has 0 spiro atoms. The first-order valence-corrected chi connectivity index (χ1v) is 7.06. The van der Waals surface area contributed by atoms with Crippen molar-refractivity contribution in [3.05, 3.63) is 76.7 Å². The van der Waals surface area contributed by atoms with Crippen molar-refractivity contribution in [1.82, 2.24) is 4.98 Å². The van der Waals surface area contributed by atoms with Gasteiger partial charge in [0.1, 0.15) is 5.82 Å². The molecule has 0 radical (unpaired) electrons. The van der Waals surface area contributed by atoms with Crippen molar-refractivity contribution in [3.8, 4) is 0 Å². The molecule has 1 heterocycles. The van der Waals surface area contributed by atoms with E-state index in [2.05, 4.69) is 4.98 Å². The molecule has 0 aliphatic heterocycles. The van der Waals surface area contributed by atoms with Crippen LogP contribution in [0.5, 0.6) is 0 Å². The number of nitrogens with zero attached hydrogens (tertiary/aromatic N) is 1. The molecule has 0 aliphatic carbocycles. The standard InChI is InChI=1S/C17H14ClFN2/c18-12-6-8-14(15(19)9-12)16(20)10-13-7-5-11-3-1-2-4-17(11)21-13/h1-9,16H,10,20H2. The Kier molecular flexibility index (Phi) is 3.86. The van der Waals surface area contributed by atoms with Crippen molar-refractivity contribution in [3.63, 3.8) is 0 Å². The summed E-state index contributed by atoms with van der Waals surface area (Å²) in [5, 5.41) is 1.44. The lowest BCUT2D eigenvalue weighted by Gasteiger charge is -2.13. The zero-order chi connectivity index (χ0) is 14.8. The van der Waals surface area contributed by atoms with Gasteiger partial charge in [0.2, 0.25) is 0 Å².